The van der Waals surface area contributed by atoms with Gasteiger partial charge in [-0.25, -0.2) is 0 Å². The molecule has 1 aromatic heterocycles. The maximum atomic E-state index is 5.71. The van der Waals surface area contributed by atoms with Crippen molar-refractivity contribution < 1.29 is 0 Å². The minimum atomic E-state index is 0.0725. The van der Waals surface area contributed by atoms with Crippen LogP contribution >= 0.6 is 11.8 Å². The highest BCUT2D eigenvalue weighted by Gasteiger charge is 2.20. The molecule has 0 fully saturated rings. The van der Waals surface area contributed by atoms with E-state index in [1.54, 1.807) is 11.8 Å². The Bertz CT molecular complexity index is 579. The summed E-state index contributed by atoms with van der Waals surface area (Å²) in [6, 6.07) is 5.94. The molecule has 4 N–H and O–H groups in total. The van der Waals surface area contributed by atoms with Crippen LogP contribution in [0.15, 0.2) is 52.9 Å². The number of hydrogen-bond acceptors (Lipinski definition) is 6. The number of pyridine rings is 1. The van der Waals surface area contributed by atoms with Crippen molar-refractivity contribution in [2.45, 2.75) is 24.8 Å². The van der Waals surface area contributed by atoms with Crippen LogP contribution < -0.4 is 16.5 Å². The highest BCUT2D eigenvalue weighted by molar-refractivity contribution is 8.14. The molecule has 1 unspecified atom stereocenters. The van der Waals surface area contributed by atoms with Gasteiger partial charge in [0.1, 0.15) is 5.04 Å². The molecule has 0 saturated carbocycles. The first-order valence-electron chi connectivity index (χ1n) is 7.08. The Labute approximate surface area is 128 Å². The molecule has 1 aliphatic carbocycles. The number of nitrogens with zero attached hydrogens (tertiary/aromatic N) is 2. The Morgan fingerprint density at radius 2 is 2.38 bits per heavy atom. The zero-order valence-electron chi connectivity index (χ0n) is 11.7. The summed E-state index contributed by atoms with van der Waals surface area (Å²) in [4.78, 5) is 4.33. The molecule has 1 atom stereocenters. The highest BCUT2D eigenvalue weighted by atomic mass is 32.2. The average Bonchev–Trinajstić information content (AvgIpc) is 2.95. The molecule has 0 saturated heterocycles. The van der Waals surface area contributed by atoms with Crippen molar-refractivity contribution in [3.63, 3.8) is 0 Å². The largest absolute Gasteiger partial charge is 0.356 e. The van der Waals surface area contributed by atoms with E-state index in [9.17, 15) is 0 Å². The summed E-state index contributed by atoms with van der Waals surface area (Å²) in [6.45, 7) is 0.631. The van der Waals surface area contributed by atoms with Crippen molar-refractivity contribution in [1.82, 2.24) is 15.7 Å². The van der Waals surface area contributed by atoms with Crippen LogP contribution in [0.5, 0.6) is 0 Å². The standard InChI is InChI=1S/C15H19N5S/c16-10-11-4-3-6-13(8-11)18-15-20-19-14(21-15)9-12-5-1-2-7-17-12/h1-2,5-8,15,18,20H,3-4,9-10,16H2. The maximum Gasteiger partial charge on any atom is 0.166 e. The van der Waals surface area contributed by atoms with Gasteiger partial charge in [0.05, 0.1) is 0 Å². The SMILES string of the molecule is NCC1=CC(NC2NN=C(Cc3ccccn3)S2)=CCC1. The maximum absolute atomic E-state index is 5.71. The zero-order valence-corrected chi connectivity index (χ0v) is 12.6. The Kier molecular flexibility index (Phi) is 4.57. The summed E-state index contributed by atoms with van der Waals surface area (Å²) >= 11 is 1.69. The second-order valence-electron chi connectivity index (χ2n) is 4.98. The molecule has 2 heterocycles. The number of hydrogen-bond donors (Lipinski definition) is 3. The second kappa shape index (κ2) is 6.78. The van der Waals surface area contributed by atoms with Crippen LogP contribution in [0.1, 0.15) is 18.5 Å². The smallest absolute Gasteiger partial charge is 0.166 e. The van der Waals surface area contributed by atoms with E-state index in [4.69, 9.17) is 5.73 Å². The van der Waals surface area contributed by atoms with Crippen LogP contribution in [0.25, 0.3) is 0 Å². The van der Waals surface area contributed by atoms with E-state index in [-0.39, 0.29) is 5.50 Å². The molecule has 0 bridgehead atoms. The molecule has 1 aromatic rings. The van der Waals surface area contributed by atoms with Crippen molar-refractivity contribution in [2.24, 2.45) is 10.8 Å². The van der Waals surface area contributed by atoms with Crippen LogP contribution in [-0.2, 0) is 6.42 Å². The predicted molar refractivity (Wildman–Crippen MR) is 87.5 cm³/mol. The van der Waals surface area contributed by atoms with Crippen molar-refractivity contribution >= 4 is 16.8 Å². The number of thioether (sulfide) groups is 1. The highest BCUT2D eigenvalue weighted by Crippen LogP contribution is 2.21. The minimum absolute atomic E-state index is 0.0725. The third-order valence-corrected chi connectivity index (χ3v) is 4.33. The molecule has 0 radical (unpaired) electrons. The van der Waals surface area contributed by atoms with Gasteiger partial charge in [-0.2, -0.15) is 5.10 Å². The first-order valence-corrected chi connectivity index (χ1v) is 7.96. The van der Waals surface area contributed by atoms with Crippen LogP contribution in [0.3, 0.4) is 0 Å². The Morgan fingerprint density at radius 1 is 1.43 bits per heavy atom. The first-order chi connectivity index (χ1) is 10.3. The van der Waals surface area contributed by atoms with Crippen molar-refractivity contribution in [2.75, 3.05) is 6.54 Å². The predicted octanol–water partition coefficient (Wildman–Crippen LogP) is 1.71. The fourth-order valence-corrected chi connectivity index (χ4v) is 3.21. The van der Waals surface area contributed by atoms with Gasteiger partial charge in [0, 0.05) is 30.6 Å². The quantitative estimate of drug-likeness (QED) is 0.772. The number of hydrazone groups is 1. The molecule has 0 aromatic carbocycles. The third-order valence-electron chi connectivity index (χ3n) is 3.37. The summed E-state index contributed by atoms with van der Waals surface area (Å²) in [5.41, 5.74) is 12.3. The summed E-state index contributed by atoms with van der Waals surface area (Å²) in [7, 11) is 0. The van der Waals surface area contributed by atoms with Gasteiger partial charge < -0.3 is 11.1 Å². The molecule has 21 heavy (non-hydrogen) atoms. The van der Waals surface area contributed by atoms with E-state index in [2.05, 4.69) is 33.0 Å². The number of aromatic nitrogens is 1. The van der Waals surface area contributed by atoms with E-state index in [1.165, 1.54) is 5.57 Å². The lowest BCUT2D eigenvalue weighted by atomic mass is 10.0. The molecule has 3 rings (SSSR count). The van der Waals surface area contributed by atoms with Crippen molar-refractivity contribution in [3.05, 3.63) is 53.5 Å². The van der Waals surface area contributed by atoms with Gasteiger partial charge in [-0.05, 0) is 31.1 Å². The molecule has 5 nitrogen and oxygen atoms in total. The minimum Gasteiger partial charge on any atom is -0.356 e. The topological polar surface area (TPSA) is 75.3 Å². The fraction of sp³-hybridized carbons (Fsp3) is 0.333. The number of nitrogens with two attached hydrogens (primary N) is 1. The molecule has 6 heteroatoms. The lowest BCUT2D eigenvalue weighted by Gasteiger charge is -2.18. The average molecular weight is 301 g/mol. The number of nitrogens with one attached hydrogen (secondary N) is 2. The number of allylic oxidation sites excluding steroid dienone is 2. The molecule has 2 aliphatic rings. The van der Waals surface area contributed by atoms with Gasteiger partial charge in [0.25, 0.3) is 0 Å². The Balaban J connectivity index is 1.52. The number of rotatable bonds is 5. The zero-order chi connectivity index (χ0) is 14.5. The van der Waals surface area contributed by atoms with Crippen LogP contribution in [-0.4, -0.2) is 22.1 Å². The second-order valence-corrected chi connectivity index (χ2v) is 6.16. The molecular formula is C15H19N5S. The normalized spacial score (nSPS) is 21.2. The van der Waals surface area contributed by atoms with Gasteiger partial charge in [0.15, 0.2) is 5.50 Å². The van der Waals surface area contributed by atoms with Gasteiger partial charge in [0.2, 0.25) is 0 Å². The summed E-state index contributed by atoms with van der Waals surface area (Å²) < 4.78 is 0. The van der Waals surface area contributed by atoms with Gasteiger partial charge in [-0.15, -0.1) is 0 Å². The van der Waals surface area contributed by atoms with E-state index in [0.717, 1.165) is 35.7 Å². The van der Waals surface area contributed by atoms with Crippen LogP contribution in [0.4, 0.5) is 0 Å². The Hall–Kier alpha value is -1.79. The molecule has 0 spiro atoms. The van der Waals surface area contributed by atoms with E-state index in [0.29, 0.717) is 6.54 Å². The molecule has 0 amide bonds. The lowest BCUT2D eigenvalue weighted by molar-refractivity contribution is 0.631. The van der Waals surface area contributed by atoms with Crippen LogP contribution in [0, 0.1) is 0 Å². The molecule has 110 valence electrons. The van der Waals surface area contributed by atoms with E-state index in [1.807, 2.05) is 24.4 Å². The first kappa shape index (κ1) is 14.2. The van der Waals surface area contributed by atoms with E-state index < -0.39 is 0 Å². The lowest BCUT2D eigenvalue weighted by Crippen LogP contribution is -2.33. The van der Waals surface area contributed by atoms with Gasteiger partial charge >= 0.3 is 0 Å². The summed E-state index contributed by atoms with van der Waals surface area (Å²) in [5.74, 6) is 0. The Morgan fingerprint density at radius 3 is 3.19 bits per heavy atom. The molecular weight excluding hydrogens is 282 g/mol. The molecule has 1 aliphatic heterocycles. The van der Waals surface area contributed by atoms with Crippen LogP contribution in [0.2, 0.25) is 0 Å². The fourth-order valence-electron chi connectivity index (χ4n) is 2.30. The van der Waals surface area contributed by atoms with Crippen molar-refractivity contribution in [3.8, 4) is 0 Å². The monoisotopic (exact) mass is 301 g/mol. The van der Waals surface area contributed by atoms with Gasteiger partial charge in [-0.3, -0.25) is 10.4 Å². The summed E-state index contributed by atoms with van der Waals surface area (Å²) in [5, 5.41) is 8.86. The third kappa shape index (κ3) is 3.86. The summed E-state index contributed by atoms with van der Waals surface area (Å²) in [6.07, 6.45) is 9.03. The van der Waals surface area contributed by atoms with E-state index >= 15 is 0 Å². The van der Waals surface area contributed by atoms with Crippen molar-refractivity contribution in [1.29, 1.82) is 0 Å². The van der Waals surface area contributed by atoms with Gasteiger partial charge in [-0.1, -0.05) is 29.5 Å².